The van der Waals surface area contributed by atoms with Gasteiger partial charge in [-0.1, -0.05) is 48.5 Å². The summed E-state index contributed by atoms with van der Waals surface area (Å²) in [5.74, 6) is -0.615. The summed E-state index contributed by atoms with van der Waals surface area (Å²) < 4.78 is 4.80. The van der Waals surface area contributed by atoms with Crippen LogP contribution >= 0.6 is 0 Å². The maximum Gasteiger partial charge on any atom is 0.339 e. The van der Waals surface area contributed by atoms with Crippen LogP contribution < -0.4 is 0 Å². The Morgan fingerprint density at radius 3 is 2.40 bits per heavy atom. The van der Waals surface area contributed by atoms with Gasteiger partial charge in [-0.05, 0) is 36.1 Å². The molecule has 104 valence electrons. The van der Waals surface area contributed by atoms with Crippen molar-refractivity contribution < 1.29 is 14.6 Å². The highest BCUT2D eigenvalue weighted by Crippen LogP contribution is 2.25. The molecule has 20 heavy (non-hydrogen) atoms. The topological polar surface area (TPSA) is 46.5 Å². The van der Waals surface area contributed by atoms with Crippen LogP contribution in [0.1, 0.15) is 24.2 Å². The van der Waals surface area contributed by atoms with Crippen LogP contribution in [-0.2, 0) is 9.53 Å². The zero-order chi connectivity index (χ0) is 14.5. The lowest BCUT2D eigenvalue weighted by molar-refractivity contribution is -0.153. The Bertz CT molecular complexity index is 587. The number of aryl methyl sites for hydroxylation is 1. The summed E-state index contributed by atoms with van der Waals surface area (Å²) in [5.41, 5.74) is 3.93. The average Bonchev–Trinajstić information content (AvgIpc) is 2.47. The number of hydrogen-bond acceptors (Lipinski definition) is 3. The van der Waals surface area contributed by atoms with Crippen LogP contribution in [-0.4, -0.2) is 17.7 Å². The standard InChI is InChI=1S/C17H18O3/c1-3-20-17(19)16(18)14-10-8-13(9-11-14)15-7-5-4-6-12(15)2/h4-11,16,18H,3H2,1-2H3. The van der Waals surface area contributed by atoms with Gasteiger partial charge in [-0.2, -0.15) is 0 Å². The van der Waals surface area contributed by atoms with Crippen molar-refractivity contribution in [3.63, 3.8) is 0 Å². The van der Waals surface area contributed by atoms with Gasteiger partial charge in [-0.15, -0.1) is 0 Å². The monoisotopic (exact) mass is 270 g/mol. The number of rotatable bonds is 4. The SMILES string of the molecule is CCOC(=O)C(O)c1ccc(-c2ccccc2C)cc1. The fourth-order valence-electron chi connectivity index (χ4n) is 2.10. The zero-order valence-electron chi connectivity index (χ0n) is 11.7. The second-order valence-electron chi connectivity index (χ2n) is 4.59. The molecule has 0 aliphatic rings. The molecule has 1 N–H and O–H groups in total. The minimum absolute atomic E-state index is 0.261. The predicted molar refractivity (Wildman–Crippen MR) is 78.2 cm³/mol. The second-order valence-corrected chi connectivity index (χ2v) is 4.59. The van der Waals surface area contributed by atoms with E-state index in [1.54, 1.807) is 19.1 Å². The summed E-state index contributed by atoms with van der Waals surface area (Å²) in [4.78, 5) is 11.5. The molecule has 3 nitrogen and oxygen atoms in total. The first-order valence-corrected chi connectivity index (χ1v) is 6.64. The molecule has 0 saturated carbocycles. The van der Waals surface area contributed by atoms with Crippen LogP contribution in [0.5, 0.6) is 0 Å². The van der Waals surface area contributed by atoms with E-state index in [1.807, 2.05) is 30.3 Å². The number of benzene rings is 2. The summed E-state index contributed by atoms with van der Waals surface area (Å²) >= 11 is 0. The predicted octanol–water partition coefficient (Wildman–Crippen LogP) is 3.26. The lowest BCUT2D eigenvalue weighted by atomic mass is 9.98. The number of aliphatic hydroxyl groups is 1. The summed E-state index contributed by atoms with van der Waals surface area (Å²) in [6.07, 6.45) is -1.22. The van der Waals surface area contributed by atoms with E-state index in [4.69, 9.17) is 4.74 Å². The Morgan fingerprint density at radius 2 is 1.80 bits per heavy atom. The molecule has 2 aromatic rings. The molecule has 3 heteroatoms. The van der Waals surface area contributed by atoms with Gasteiger partial charge >= 0.3 is 5.97 Å². The highest BCUT2D eigenvalue weighted by Gasteiger charge is 2.18. The summed E-state index contributed by atoms with van der Waals surface area (Å²) in [7, 11) is 0. The minimum Gasteiger partial charge on any atom is -0.464 e. The molecular formula is C17H18O3. The fraction of sp³-hybridized carbons (Fsp3) is 0.235. The number of hydrogen-bond donors (Lipinski definition) is 1. The van der Waals surface area contributed by atoms with Gasteiger partial charge in [-0.25, -0.2) is 4.79 Å². The van der Waals surface area contributed by atoms with E-state index in [0.717, 1.165) is 11.1 Å². The second kappa shape index (κ2) is 6.35. The van der Waals surface area contributed by atoms with Gasteiger partial charge in [0.2, 0.25) is 0 Å². The van der Waals surface area contributed by atoms with Crippen LogP contribution in [0.3, 0.4) is 0 Å². The van der Waals surface area contributed by atoms with E-state index in [-0.39, 0.29) is 6.61 Å². The average molecular weight is 270 g/mol. The first-order valence-electron chi connectivity index (χ1n) is 6.64. The van der Waals surface area contributed by atoms with Gasteiger partial charge in [0.1, 0.15) is 0 Å². The maximum absolute atomic E-state index is 11.5. The summed E-state index contributed by atoms with van der Waals surface area (Å²) in [5, 5.41) is 9.86. The Balaban J connectivity index is 2.23. The molecule has 0 aliphatic heterocycles. The van der Waals surface area contributed by atoms with Crippen LogP contribution in [0.25, 0.3) is 11.1 Å². The van der Waals surface area contributed by atoms with Crippen molar-refractivity contribution in [3.8, 4) is 11.1 Å². The molecule has 0 aromatic heterocycles. The zero-order valence-corrected chi connectivity index (χ0v) is 11.7. The van der Waals surface area contributed by atoms with Crippen molar-refractivity contribution in [1.29, 1.82) is 0 Å². The van der Waals surface area contributed by atoms with Crippen molar-refractivity contribution in [3.05, 3.63) is 59.7 Å². The molecule has 2 aromatic carbocycles. The minimum atomic E-state index is -1.22. The Labute approximate surface area is 118 Å². The Morgan fingerprint density at radius 1 is 1.15 bits per heavy atom. The van der Waals surface area contributed by atoms with Gasteiger partial charge < -0.3 is 9.84 Å². The number of esters is 1. The smallest absolute Gasteiger partial charge is 0.339 e. The third kappa shape index (κ3) is 3.06. The molecule has 0 saturated heterocycles. The van der Waals surface area contributed by atoms with Crippen LogP contribution in [0.2, 0.25) is 0 Å². The van der Waals surface area contributed by atoms with E-state index < -0.39 is 12.1 Å². The van der Waals surface area contributed by atoms with E-state index >= 15 is 0 Å². The summed E-state index contributed by atoms with van der Waals surface area (Å²) in [6.45, 7) is 4.03. The number of aliphatic hydroxyl groups excluding tert-OH is 1. The van der Waals surface area contributed by atoms with Crippen molar-refractivity contribution in [2.45, 2.75) is 20.0 Å². The maximum atomic E-state index is 11.5. The van der Waals surface area contributed by atoms with Gasteiger partial charge in [0, 0.05) is 0 Å². The van der Waals surface area contributed by atoms with Crippen molar-refractivity contribution in [2.75, 3.05) is 6.61 Å². The van der Waals surface area contributed by atoms with Crippen LogP contribution in [0.4, 0.5) is 0 Å². The van der Waals surface area contributed by atoms with Gasteiger partial charge in [-0.3, -0.25) is 0 Å². The number of carbonyl (C=O) groups is 1. The Kier molecular flexibility index (Phi) is 4.53. The van der Waals surface area contributed by atoms with Crippen molar-refractivity contribution in [2.24, 2.45) is 0 Å². The first-order chi connectivity index (χ1) is 9.63. The molecule has 0 fully saturated rings. The fourth-order valence-corrected chi connectivity index (χ4v) is 2.10. The van der Waals surface area contributed by atoms with Crippen LogP contribution in [0, 0.1) is 6.92 Å². The summed E-state index contributed by atoms with van der Waals surface area (Å²) in [6, 6.07) is 15.4. The molecule has 0 bridgehead atoms. The lowest BCUT2D eigenvalue weighted by Crippen LogP contribution is -2.15. The van der Waals surface area contributed by atoms with E-state index in [1.165, 1.54) is 5.56 Å². The molecule has 0 amide bonds. The van der Waals surface area contributed by atoms with E-state index in [0.29, 0.717) is 5.56 Å². The van der Waals surface area contributed by atoms with E-state index in [2.05, 4.69) is 13.0 Å². The largest absolute Gasteiger partial charge is 0.464 e. The van der Waals surface area contributed by atoms with Crippen LogP contribution in [0.15, 0.2) is 48.5 Å². The first kappa shape index (κ1) is 14.3. The lowest BCUT2D eigenvalue weighted by Gasteiger charge is -2.11. The van der Waals surface area contributed by atoms with Gasteiger partial charge in [0.15, 0.2) is 6.10 Å². The van der Waals surface area contributed by atoms with E-state index in [9.17, 15) is 9.90 Å². The molecule has 0 spiro atoms. The third-order valence-corrected chi connectivity index (χ3v) is 3.19. The third-order valence-electron chi connectivity index (χ3n) is 3.19. The number of ether oxygens (including phenoxy) is 1. The quantitative estimate of drug-likeness (QED) is 0.867. The molecule has 1 atom stereocenters. The van der Waals surface area contributed by atoms with Crippen molar-refractivity contribution >= 4 is 5.97 Å². The van der Waals surface area contributed by atoms with Crippen molar-refractivity contribution in [1.82, 2.24) is 0 Å². The molecule has 0 aliphatic carbocycles. The molecule has 0 heterocycles. The number of carbonyl (C=O) groups excluding carboxylic acids is 1. The van der Waals surface area contributed by atoms with Gasteiger partial charge in [0.25, 0.3) is 0 Å². The molecule has 2 rings (SSSR count). The highest BCUT2D eigenvalue weighted by molar-refractivity contribution is 5.77. The van der Waals surface area contributed by atoms with Gasteiger partial charge in [0.05, 0.1) is 6.61 Å². The molecule has 1 unspecified atom stereocenters. The normalized spacial score (nSPS) is 11.9. The molecular weight excluding hydrogens is 252 g/mol. The Hall–Kier alpha value is -2.13. The highest BCUT2D eigenvalue weighted by atomic mass is 16.5. The molecule has 0 radical (unpaired) electrons.